The molecule has 4 bridgehead atoms. The van der Waals surface area contributed by atoms with Crippen LogP contribution in [0.4, 0.5) is 10.1 Å². The third-order valence-electron chi connectivity index (χ3n) is 7.52. The highest BCUT2D eigenvalue weighted by atomic mass is 35.5. The van der Waals surface area contributed by atoms with Gasteiger partial charge in [-0.3, -0.25) is 9.59 Å². The van der Waals surface area contributed by atoms with Gasteiger partial charge >= 0.3 is 0 Å². The van der Waals surface area contributed by atoms with E-state index in [1.165, 1.54) is 31.4 Å². The second-order valence-electron chi connectivity index (χ2n) is 9.45. The molecule has 150 valence electrons. The third-order valence-corrected chi connectivity index (χ3v) is 7.81. The first-order valence-corrected chi connectivity index (χ1v) is 10.9. The van der Waals surface area contributed by atoms with Crippen LogP contribution in [-0.2, 0) is 9.59 Å². The van der Waals surface area contributed by atoms with E-state index in [0.29, 0.717) is 30.7 Å². The Morgan fingerprint density at radius 3 is 2.39 bits per heavy atom. The van der Waals surface area contributed by atoms with Crippen molar-refractivity contribution >= 4 is 29.1 Å². The molecule has 6 rings (SSSR count). The number of nitrogens with zero attached hydrogens (tertiary/aromatic N) is 1. The van der Waals surface area contributed by atoms with E-state index in [-0.39, 0.29) is 27.9 Å². The topological polar surface area (TPSA) is 49.4 Å². The molecule has 4 nitrogen and oxygen atoms in total. The molecule has 28 heavy (non-hydrogen) atoms. The molecule has 1 N–H and O–H groups in total. The molecule has 4 aliphatic carbocycles. The lowest BCUT2D eigenvalue weighted by Crippen LogP contribution is -2.56. The molecule has 1 aromatic carbocycles. The average Bonchev–Trinajstić information content (AvgIpc) is 3.13. The fourth-order valence-corrected chi connectivity index (χ4v) is 6.95. The van der Waals surface area contributed by atoms with Crippen LogP contribution in [0.5, 0.6) is 0 Å². The zero-order chi connectivity index (χ0) is 19.5. The van der Waals surface area contributed by atoms with Crippen molar-refractivity contribution in [2.45, 2.75) is 57.4 Å². The molecule has 0 spiro atoms. The minimum Gasteiger partial charge on any atom is -0.330 e. The lowest BCUT2D eigenvalue weighted by molar-refractivity contribution is -0.160. The molecule has 1 heterocycles. The Bertz CT molecular complexity index is 791. The summed E-state index contributed by atoms with van der Waals surface area (Å²) in [6.45, 7) is 0.622. The van der Waals surface area contributed by atoms with E-state index in [0.717, 1.165) is 25.7 Å². The Morgan fingerprint density at radius 1 is 1.11 bits per heavy atom. The standard InChI is InChI=1S/C22H26ClFN2O2/c23-16-3-1-4-17(19(16)24)25-20(27)18-5-2-6-26(18)21(28)22-10-13-7-14(11-22)9-15(8-13)12-22/h1,3-4,13-15,18H,2,5-12H2,(H,25,27). The molecule has 0 aromatic heterocycles. The number of nitrogens with one attached hydrogen (secondary N) is 1. The summed E-state index contributed by atoms with van der Waals surface area (Å²) in [6.07, 6.45) is 8.27. The van der Waals surface area contributed by atoms with E-state index < -0.39 is 11.9 Å². The van der Waals surface area contributed by atoms with Crippen molar-refractivity contribution < 1.29 is 14.0 Å². The molecular weight excluding hydrogens is 379 g/mol. The van der Waals surface area contributed by atoms with Crippen LogP contribution >= 0.6 is 11.6 Å². The predicted molar refractivity (Wildman–Crippen MR) is 105 cm³/mol. The number of carbonyl (C=O) groups excluding carboxylic acids is 2. The second kappa shape index (κ2) is 6.72. The maximum absolute atomic E-state index is 14.2. The molecule has 5 aliphatic rings. The van der Waals surface area contributed by atoms with Crippen LogP contribution in [0.25, 0.3) is 0 Å². The fourth-order valence-electron chi connectivity index (χ4n) is 6.78. The Hall–Kier alpha value is -1.62. The fraction of sp³-hybridized carbons (Fsp3) is 0.636. The summed E-state index contributed by atoms with van der Waals surface area (Å²) in [6, 6.07) is 4.04. The van der Waals surface area contributed by atoms with Gasteiger partial charge in [0.25, 0.3) is 0 Å². The highest BCUT2D eigenvalue weighted by Crippen LogP contribution is 2.60. The smallest absolute Gasteiger partial charge is 0.247 e. The molecule has 2 amide bonds. The van der Waals surface area contributed by atoms with Crippen LogP contribution in [0.2, 0.25) is 5.02 Å². The van der Waals surface area contributed by atoms with Crippen LogP contribution in [-0.4, -0.2) is 29.3 Å². The summed E-state index contributed by atoms with van der Waals surface area (Å²) >= 11 is 5.82. The lowest BCUT2D eigenvalue weighted by atomic mass is 9.49. The molecule has 1 aromatic rings. The summed E-state index contributed by atoms with van der Waals surface area (Å²) < 4.78 is 14.2. The number of likely N-dealkylation sites (tertiary alicyclic amines) is 1. The summed E-state index contributed by atoms with van der Waals surface area (Å²) in [7, 11) is 0. The van der Waals surface area contributed by atoms with Crippen LogP contribution in [0.1, 0.15) is 51.4 Å². The molecule has 4 saturated carbocycles. The first-order valence-electron chi connectivity index (χ1n) is 10.5. The lowest BCUT2D eigenvalue weighted by Gasteiger charge is -2.56. The number of carbonyl (C=O) groups is 2. The molecule has 1 unspecified atom stereocenters. The average molecular weight is 405 g/mol. The maximum atomic E-state index is 14.2. The van der Waals surface area contributed by atoms with Gasteiger partial charge in [0.15, 0.2) is 5.82 Å². The highest BCUT2D eigenvalue weighted by molar-refractivity contribution is 6.31. The quantitative estimate of drug-likeness (QED) is 0.798. The van der Waals surface area contributed by atoms with E-state index in [2.05, 4.69) is 5.32 Å². The van der Waals surface area contributed by atoms with Crippen molar-refractivity contribution in [3.05, 3.63) is 29.0 Å². The first-order chi connectivity index (χ1) is 13.4. The summed E-state index contributed by atoms with van der Waals surface area (Å²) in [5.74, 6) is 1.30. The molecule has 1 saturated heterocycles. The number of rotatable bonds is 3. The largest absolute Gasteiger partial charge is 0.330 e. The molecule has 0 radical (unpaired) electrons. The Balaban J connectivity index is 1.35. The van der Waals surface area contributed by atoms with Gasteiger partial charge in [-0.1, -0.05) is 17.7 Å². The summed E-state index contributed by atoms with van der Waals surface area (Å²) in [5.41, 5.74) is -0.176. The monoisotopic (exact) mass is 404 g/mol. The zero-order valence-corrected chi connectivity index (χ0v) is 16.7. The first kappa shape index (κ1) is 18.4. The van der Waals surface area contributed by atoms with E-state index in [1.807, 2.05) is 0 Å². The number of hydrogen-bond acceptors (Lipinski definition) is 2. The van der Waals surface area contributed by atoms with E-state index in [4.69, 9.17) is 11.6 Å². The Kier molecular flexibility index (Phi) is 4.42. The zero-order valence-electron chi connectivity index (χ0n) is 15.9. The molecule has 6 heteroatoms. The van der Waals surface area contributed by atoms with Crippen LogP contribution in [0.15, 0.2) is 18.2 Å². The van der Waals surface area contributed by atoms with Crippen molar-refractivity contribution in [3.63, 3.8) is 0 Å². The third kappa shape index (κ3) is 2.94. The summed E-state index contributed by atoms with van der Waals surface area (Å²) in [5, 5.41) is 2.64. The van der Waals surface area contributed by atoms with Crippen LogP contribution in [0, 0.1) is 29.0 Å². The van der Waals surface area contributed by atoms with Gasteiger partial charge in [0.05, 0.1) is 16.1 Å². The van der Waals surface area contributed by atoms with Crippen LogP contribution < -0.4 is 5.32 Å². The minimum absolute atomic E-state index is 0.0225. The number of benzene rings is 1. The number of hydrogen-bond donors (Lipinski definition) is 1. The van der Waals surface area contributed by atoms with Gasteiger partial charge in [-0.25, -0.2) is 4.39 Å². The van der Waals surface area contributed by atoms with Crippen molar-refractivity contribution in [1.82, 2.24) is 4.90 Å². The molecule has 1 aliphatic heterocycles. The predicted octanol–water partition coefficient (Wildman–Crippen LogP) is 4.63. The van der Waals surface area contributed by atoms with E-state index >= 15 is 0 Å². The minimum atomic E-state index is -0.630. The molecule has 5 fully saturated rings. The van der Waals surface area contributed by atoms with Gasteiger partial charge in [-0.2, -0.15) is 0 Å². The Morgan fingerprint density at radius 2 is 1.75 bits per heavy atom. The summed E-state index contributed by atoms with van der Waals surface area (Å²) in [4.78, 5) is 28.3. The normalized spacial score (nSPS) is 36.0. The van der Waals surface area contributed by atoms with Gasteiger partial charge < -0.3 is 10.2 Å². The van der Waals surface area contributed by atoms with Crippen molar-refractivity contribution in [3.8, 4) is 0 Å². The van der Waals surface area contributed by atoms with Gasteiger partial charge in [0, 0.05) is 6.54 Å². The maximum Gasteiger partial charge on any atom is 0.247 e. The molecule has 1 atom stereocenters. The van der Waals surface area contributed by atoms with Gasteiger partial charge in [0.2, 0.25) is 11.8 Å². The second-order valence-corrected chi connectivity index (χ2v) is 9.85. The highest BCUT2D eigenvalue weighted by Gasteiger charge is 2.56. The van der Waals surface area contributed by atoms with Crippen molar-refractivity contribution in [2.24, 2.45) is 23.2 Å². The van der Waals surface area contributed by atoms with Gasteiger partial charge in [0.1, 0.15) is 6.04 Å². The Labute approximate surface area is 169 Å². The number of halogens is 2. The van der Waals surface area contributed by atoms with Gasteiger partial charge in [-0.05, 0) is 81.3 Å². The SMILES string of the molecule is O=C(Nc1cccc(Cl)c1F)C1CCCN1C(=O)C12CC3CC(CC(C3)C1)C2. The number of anilines is 1. The molecular formula is C22H26ClFN2O2. The van der Waals surface area contributed by atoms with E-state index in [9.17, 15) is 14.0 Å². The van der Waals surface area contributed by atoms with Gasteiger partial charge in [-0.15, -0.1) is 0 Å². The van der Waals surface area contributed by atoms with Crippen LogP contribution in [0.3, 0.4) is 0 Å². The van der Waals surface area contributed by atoms with Crippen molar-refractivity contribution in [2.75, 3.05) is 11.9 Å². The number of amides is 2. The van der Waals surface area contributed by atoms with Crippen molar-refractivity contribution in [1.29, 1.82) is 0 Å². The van der Waals surface area contributed by atoms with E-state index in [1.54, 1.807) is 11.0 Å².